The van der Waals surface area contributed by atoms with E-state index in [4.69, 9.17) is 5.73 Å². The van der Waals surface area contributed by atoms with Gasteiger partial charge >= 0.3 is 6.03 Å². The molecule has 3 N–H and O–H groups in total. The van der Waals surface area contributed by atoms with Crippen molar-refractivity contribution in [3.05, 3.63) is 29.6 Å². The number of hydrogen-bond acceptors (Lipinski definition) is 2. The average molecular weight is 319 g/mol. The zero-order chi connectivity index (χ0) is 16.6. The molecule has 1 aromatic rings. The minimum Gasteiger partial charge on any atom is -0.366 e. The number of fused-ring (bicyclic) bond motifs is 1. The maximum absolute atomic E-state index is 14.0. The second-order valence-electron chi connectivity index (χ2n) is 6.59. The molecule has 6 heteroatoms. The van der Waals surface area contributed by atoms with Crippen LogP contribution in [0.3, 0.4) is 0 Å². The lowest BCUT2D eigenvalue weighted by Crippen LogP contribution is -2.44. The van der Waals surface area contributed by atoms with Crippen molar-refractivity contribution in [2.45, 2.75) is 51.1 Å². The van der Waals surface area contributed by atoms with Gasteiger partial charge in [-0.1, -0.05) is 12.8 Å². The number of benzene rings is 1. The number of carbonyl (C=O) groups excluding carboxylic acids is 2. The minimum atomic E-state index is -0.694. The van der Waals surface area contributed by atoms with E-state index in [1.165, 1.54) is 25.0 Å². The Balaban J connectivity index is 1.75. The number of nitrogens with two attached hydrogens (primary N) is 1. The number of primary amides is 1. The normalized spacial score (nSPS) is 26.7. The van der Waals surface area contributed by atoms with E-state index in [1.54, 1.807) is 0 Å². The molecule has 0 bridgehead atoms. The van der Waals surface area contributed by atoms with E-state index in [0.29, 0.717) is 5.92 Å². The van der Waals surface area contributed by atoms with Crippen LogP contribution in [-0.2, 0) is 0 Å². The number of likely N-dealkylation sites (tertiary alicyclic amines) is 1. The van der Waals surface area contributed by atoms with Gasteiger partial charge in [-0.2, -0.15) is 0 Å². The number of carbonyl (C=O) groups is 2. The van der Waals surface area contributed by atoms with Gasteiger partial charge in [-0.15, -0.1) is 0 Å². The van der Waals surface area contributed by atoms with Crippen molar-refractivity contribution in [3.8, 4) is 0 Å². The Hall–Kier alpha value is -2.11. The van der Waals surface area contributed by atoms with Crippen molar-refractivity contribution in [3.63, 3.8) is 0 Å². The predicted octanol–water partition coefficient (Wildman–Crippen LogP) is 3.11. The van der Waals surface area contributed by atoms with Crippen LogP contribution in [0.2, 0.25) is 0 Å². The van der Waals surface area contributed by atoms with Crippen molar-refractivity contribution in [1.29, 1.82) is 0 Å². The van der Waals surface area contributed by atoms with Gasteiger partial charge in [-0.05, 0) is 50.3 Å². The largest absolute Gasteiger partial charge is 0.366 e. The van der Waals surface area contributed by atoms with Crippen LogP contribution < -0.4 is 11.1 Å². The van der Waals surface area contributed by atoms with Crippen molar-refractivity contribution >= 4 is 17.6 Å². The van der Waals surface area contributed by atoms with Crippen LogP contribution in [0.25, 0.3) is 0 Å². The summed E-state index contributed by atoms with van der Waals surface area (Å²) in [6.07, 6.45) is 5.57. The summed E-state index contributed by atoms with van der Waals surface area (Å²) < 4.78 is 14.0. The number of rotatable bonds is 2. The Bertz CT molecular complexity index is 634. The van der Waals surface area contributed by atoms with E-state index in [2.05, 4.69) is 5.32 Å². The third kappa shape index (κ3) is 3.02. The van der Waals surface area contributed by atoms with Gasteiger partial charge in [0.25, 0.3) is 0 Å². The first-order valence-electron chi connectivity index (χ1n) is 8.16. The van der Waals surface area contributed by atoms with Crippen LogP contribution in [0.4, 0.5) is 14.9 Å². The van der Waals surface area contributed by atoms with Gasteiger partial charge in [0.15, 0.2) is 0 Å². The molecule has 5 nitrogen and oxygen atoms in total. The highest BCUT2D eigenvalue weighted by atomic mass is 19.1. The highest BCUT2D eigenvalue weighted by molar-refractivity contribution is 5.94. The molecule has 1 aliphatic carbocycles. The molecular formula is C17H22FN3O2. The van der Waals surface area contributed by atoms with Gasteiger partial charge in [0, 0.05) is 17.6 Å². The van der Waals surface area contributed by atoms with E-state index in [9.17, 15) is 14.0 Å². The highest BCUT2D eigenvalue weighted by Gasteiger charge is 2.42. The first-order valence-corrected chi connectivity index (χ1v) is 8.16. The van der Waals surface area contributed by atoms with Gasteiger partial charge < -0.3 is 16.0 Å². The molecule has 1 saturated carbocycles. The third-order valence-corrected chi connectivity index (χ3v) is 5.07. The number of anilines is 1. The summed E-state index contributed by atoms with van der Waals surface area (Å²) in [7, 11) is 0. The number of nitrogens with zero attached hydrogens (tertiary/aromatic N) is 1. The monoisotopic (exact) mass is 319 g/mol. The molecule has 2 fully saturated rings. The van der Waals surface area contributed by atoms with E-state index < -0.39 is 11.7 Å². The smallest absolute Gasteiger partial charge is 0.322 e. The van der Waals surface area contributed by atoms with Crippen molar-refractivity contribution in [2.24, 2.45) is 11.7 Å². The van der Waals surface area contributed by atoms with Crippen LogP contribution in [-0.4, -0.2) is 28.9 Å². The third-order valence-electron chi connectivity index (χ3n) is 5.07. The molecule has 1 heterocycles. The maximum Gasteiger partial charge on any atom is 0.322 e. The maximum atomic E-state index is 14.0. The van der Waals surface area contributed by atoms with Crippen LogP contribution in [0.15, 0.2) is 18.2 Å². The molecule has 3 atom stereocenters. The van der Waals surface area contributed by atoms with E-state index in [-0.39, 0.29) is 29.4 Å². The fraction of sp³-hybridized carbons (Fsp3) is 0.529. The zero-order valence-corrected chi connectivity index (χ0v) is 13.2. The SMILES string of the molecule is C[C@@H]1C[C@@H]2CCCC[C@H]2N1C(=O)Nc1ccc(C(N)=O)cc1F. The van der Waals surface area contributed by atoms with E-state index >= 15 is 0 Å². The fourth-order valence-electron chi connectivity index (χ4n) is 4.01. The van der Waals surface area contributed by atoms with Gasteiger partial charge in [-0.25, -0.2) is 9.18 Å². The molecule has 124 valence electrons. The molecule has 1 saturated heterocycles. The number of urea groups is 1. The molecule has 1 aliphatic heterocycles. The van der Waals surface area contributed by atoms with E-state index in [0.717, 1.165) is 25.3 Å². The fourth-order valence-corrected chi connectivity index (χ4v) is 4.01. The zero-order valence-electron chi connectivity index (χ0n) is 13.2. The van der Waals surface area contributed by atoms with E-state index in [1.807, 2.05) is 11.8 Å². The van der Waals surface area contributed by atoms with Crippen LogP contribution >= 0.6 is 0 Å². The molecule has 0 radical (unpaired) electrons. The molecule has 1 aromatic carbocycles. The van der Waals surface area contributed by atoms with Gasteiger partial charge in [0.2, 0.25) is 5.91 Å². The summed E-state index contributed by atoms with van der Waals surface area (Å²) in [4.78, 5) is 25.5. The van der Waals surface area contributed by atoms with Gasteiger partial charge in [0.05, 0.1) is 5.69 Å². The lowest BCUT2D eigenvalue weighted by Gasteiger charge is -2.33. The molecule has 2 aliphatic rings. The van der Waals surface area contributed by atoms with Crippen molar-refractivity contribution in [1.82, 2.24) is 4.90 Å². The quantitative estimate of drug-likeness (QED) is 0.879. The molecule has 3 rings (SSSR count). The Morgan fingerprint density at radius 2 is 2.04 bits per heavy atom. The lowest BCUT2D eigenvalue weighted by atomic mass is 9.85. The number of halogens is 1. The first-order chi connectivity index (χ1) is 11.0. The molecule has 0 spiro atoms. The first kappa shape index (κ1) is 15.8. The minimum absolute atomic E-state index is 0.0754. The molecule has 23 heavy (non-hydrogen) atoms. The Morgan fingerprint density at radius 3 is 2.74 bits per heavy atom. The van der Waals surface area contributed by atoms with Crippen molar-refractivity contribution < 1.29 is 14.0 Å². The van der Waals surface area contributed by atoms with Gasteiger partial charge in [-0.3, -0.25) is 4.79 Å². The number of hydrogen-bond donors (Lipinski definition) is 2. The Morgan fingerprint density at radius 1 is 1.30 bits per heavy atom. The topological polar surface area (TPSA) is 75.4 Å². The summed E-state index contributed by atoms with van der Waals surface area (Å²) in [6, 6.07) is 4.00. The highest BCUT2D eigenvalue weighted by Crippen LogP contribution is 2.39. The summed E-state index contributed by atoms with van der Waals surface area (Å²) >= 11 is 0. The van der Waals surface area contributed by atoms with Gasteiger partial charge in [0.1, 0.15) is 5.82 Å². The van der Waals surface area contributed by atoms with Crippen molar-refractivity contribution in [2.75, 3.05) is 5.32 Å². The second-order valence-corrected chi connectivity index (χ2v) is 6.59. The molecular weight excluding hydrogens is 297 g/mol. The van der Waals surface area contributed by atoms with Crippen LogP contribution in [0.1, 0.15) is 49.4 Å². The summed E-state index contributed by atoms with van der Waals surface area (Å²) in [5.41, 5.74) is 5.28. The standard InChI is InChI=1S/C17H22FN3O2/c1-10-8-11-4-2-3-5-15(11)21(10)17(23)20-14-7-6-12(16(19)22)9-13(14)18/h6-7,9-11,15H,2-5,8H2,1H3,(H2,19,22)(H,20,23)/t10-,11+,15-/m1/s1. The Labute approximate surface area is 135 Å². The Kier molecular flexibility index (Phi) is 4.24. The lowest BCUT2D eigenvalue weighted by molar-refractivity contribution is 0.1000. The number of amides is 3. The summed E-state index contributed by atoms with van der Waals surface area (Å²) in [6.45, 7) is 2.05. The summed E-state index contributed by atoms with van der Waals surface area (Å²) in [5.74, 6) is -0.784. The average Bonchev–Trinajstić information content (AvgIpc) is 2.84. The van der Waals surface area contributed by atoms with Crippen LogP contribution in [0.5, 0.6) is 0 Å². The van der Waals surface area contributed by atoms with Crippen LogP contribution in [0, 0.1) is 11.7 Å². The molecule has 0 aromatic heterocycles. The predicted molar refractivity (Wildman–Crippen MR) is 85.6 cm³/mol. The second kappa shape index (κ2) is 6.18. The molecule has 3 amide bonds. The number of nitrogens with one attached hydrogen (secondary N) is 1. The summed E-state index contributed by atoms with van der Waals surface area (Å²) in [5, 5.41) is 2.64. The molecule has 0 unspecified atom stereocenters.